The topological polar surface area (TPSA) is 57.6 Å². The van der Waals surface area contributed by atoms with Gasteiger partial charge >= 0.3 is 0 Å². The average molecular weight is 205 g/mol. The summed E-state index contributed by atoms with van der Waals surface area (Å²) in [5, 5.41) is 9.12. The Morgan fingerprint density at radius 3 is 2.33 bits per heavy atom. The molecular weight excluding hydrogens is 194 g/mol. The molecule has 1 fully saturated rings. The van der Waals surface area contributed by atoms with Crippen LogP contribution in [-0.4, -0.2) is 28.7 Å². The molecule has 1 aromatic carbocycles. The first-order valence-electron chi connectivity index (χ1n) is 4.67. The number of phenolic OH excluding ortho intramolecular Hbond substituents is 1. The van der Waals surface area contributed by atoms with Gasteiger partial charge in [0.2, 0.25) is 5.91 Å². The summed E-state index contributed by atoms with van der Waals surface area (Å²) in [4.78, 5) is 24.3. The van der Waals surface area contributed by atoms with Crippen LogP contribution in [0.25, 0.3) is 0 Å². The number of aromatic hydroxyl groups is 1. The molecule has 0 radical (unpaired) electrons. The molecule has 1 unspecified atom stereocenters. The molecular formula is C11H11NO3. The number of carbonyl (C=O) groups is 2. The maximum absolute atomic E-state index is 11.6. The summed E-state index contributed by atoms with van der Waals surface area (Å²) >= 11 is 0. The van der Waals surface area contributed by atoms with Gasteiger partial charge in [0.05, 0.1) is 6.42 Å². The first kappa shape index (κ1) is 9.71. The Kier molecular flexibility index (Phi) is 2.19. The number of phenols is 1. The maximum Gasteiger partial charge on any atom is 0.230 e. The number of hydrogen-bond donors (Lipinski definition) is 1. The third-order valence-electron chi connectivity index (χ3n) is 2.62. The van der Waals surface area contributed by atoms with Gasteiger partial charge in [-0.3, -0.25) is 9.59 Å². The Bertz CT molecular complexity index is 410. The molecule has 1 saturated heterocycles. The quantitative estimate of drug-likeness (QED) is 0.692. The predicted molar refractivity (Wildman–Crippen MR) is 53.2 cm³/mol. The van der Waals surface area contributed by atoms with E-state index in [0.29, 0.717) is 0 Å². The molecule has 0 aliphatic carbocycles. The van der Waals surface area contributed by atoms with Crippen LogP contribution in [0, 0.1) is 0 Å². The Balaban J connectivity index is 2.34. The number of Topliss-reactive ketones (excluding diaryl/α,β-unsaturated/α-hetero) is 1. The van der Waals surface area contributed by atoms with Crippen LogP contribution < -0.4 is 0 Å². The fourth-order valence-electron chi connectivity index (χ4n) is 1.80. The van der Waals surface area contributed by atoms with Gasteiger partial charge in [-0.15, -0.1) is 0 Å². The Labute approximate surface area is 87.1 Å². The van der Waals surface area contributed by atoms with E-state index in [1.165, 1.54) is 17.0 Å². The first-order valence-corrected chi connectivity index (χ1v) is 4.67. The lowest BCUT2D eigenvalue weighted by molar-refractivity contribution is -0.127. The molecule has 4 nitrogen and oxygen atoms in total. The number of benzene rings is 1. The zero-order valence-electron chi connectivity index (χ0n) is 8.30. The van der Waals surface area contributed by atoms with E-state index < -0.39 is 6.04 Å². The van der Waals surface area contributed by atoms with Gasteiger partial charge < -0.3 is 10.0 Å². The van der Waals surface area contributed by atoms with Crippen molar-refractivity contribution in [1.82, 2.24) is 4.90 Å². The lowest BCUT2D eigenvalue weighted by Crippen LogP contribution is -2.24. The molecule has 1 aromatic rings. The van der Waals surface area contributed by atoms with E-state index in [1.807, 2.05) is 0 Å². The third-order valence-corrected chi connectivity index (χ3v) is 2.62. The van der Waals surface area contributed by atoms with Crippen molar-refractivity contribution in [1.29, 1.82) is 0 Å². The Morgan fingerprint density at radius 2 is 1.87 bits per heavy atom. The van der Waals surface area contributed by atoms with E-state index in [4.69, 9.17) is 5.11 Å². The van der Waals surface area contributed by atoms with Crippen molar-refractivity contribution >= 4 is 11.7 Å². The highest BCUT2D eigenvalue weighted by molar-refractivity contribution is 6.07. The fourth-order valence-corrected chi connectivity index (χ4v) is 1.80. The molecule has 0 spiro atoms. The van der Waals surface area contributed by atoms with E-state index in [2.05, 4.69) is 0 Å². The van der Waals surface area contributed by atoms with Crippen molar-refractivity contribution in [2.75, 3.05) is 7.05 Å². The molecule has 78 valence electrons. The fraction of sp³-hybridized carbons (Fsp3) is 0.273. The van der Waals surface area contributed by atoms with E-state index >= 15 is 0 Å². The number of ketones is 1. The van der Waals surface area contributed by atoms with Crippen LogP contribution in [0.1, 0.15) is 18.0 Å². The standard InChI is InChI=1S/C11H11NO3/c1-12-10(15)6-9(14)11(12)7-2-4-8(13)5-3-7/h2-5,11,13H,6H2,1H3. The van der Waals surface area contributed by atoms with Gasteiger partial charge in [-0.25, -0.2) is 0 Å². The molecule has 1 amide bonds. The number of amides is 1. The molecule has 15 heavy (non-hydrogen) atoms. The van der Waals surface area contributed by atoms with E-state index in [9.17, 15) is 9.59 Å². The molecule has 0 saturated carbocycles. The van der Waals surface area contributed by atoms with Crippen LogP contribution in [-0.2, 0) is 9.59 Å². The summed E-state index contributed by atoms with van der Waals surface area (Å²) in [6, 6.07) is 5.86. The van der Waals surface area contributed by atoms with Crippen LogP contribution in [0.3, 0.4) is 0 Å². The van der Waals surface area contributed by atoms with E-state index in [0.717, 1.165) is 5.56 Å². The Morgan fingerprint density at radius 1 is 1.27 bits per heavy atom. The highest BCUT2D eigenvalue weighted by atomic mass is 16.3. The SMILES string of the molecule is CN1C(=O)CC(=O)C1c1ccc(O)cc1. The minimum absolute atomic E-state index is 0.0258. The average Bonchev–Trinajstić information content (AvgIpc) is 2.44. The first-order chi connectivity index (χ1) is 7.09. The van der Waals surface area contributed by atoms with Crippen LogP contribution in [0.15, 0.2) is 24.3 Å². The van der Waals surface area contributed by atoms with Crippen molar-refractivity contribution in [3.63, 3.8) is 0 Å². The second-order valence-electron chi connectivity index (χ2n) is 3.64. The number of rotatable bonds is 1. The lowest BCUT2D eigenvalue weighted by Gasteiger charge is -2.18. The van der Waals surface area contributed by atoms with Gasteiger partial charge in [-0.05, 0) is 17.7 Å². The van der Waals surface area contributed by atoms with Gasteiger partial charge in [0.15, 0.2) is 5.78 Å². The number of carbonyl (C=O) groups excluding carboxylic acids is 2. The summed E-state index contributed by atoms with van der Waals surface area (Å²) in [5.41, 5.74) is 0.742. The van der Waals surface area contributed by atoms with Gasteiger partial charge in [0, 0.05) is 7.05 Å². The second kappa shape index (κ2) is 3.38. The molecule has 1 atom stereocenters. The molecule has 2 rings (SSSR count). The summed E-state index contributed by atoms with van der Waals surface area (Å²) in [6.45, 7) is 0. The highest BCUT2D eigenvalue weighted by Crippen LogP contribution is 2.29. The minimum Gasteiger partial charge on any atom is -0.508 e. The summed E-state index contributed by atoms with van der Waals surface area (Å²) < 4.78 is 0. The Hall–Kier alpha value is -1.84. The maximum atomic E-state index is 11.6. The third kappa shape index (κ3) is 1.58. The molecule has 1 aliphatic heterocycles. The molecule has 1 heterocycles. The van der Waals surface area contributed by atoms with Crippen LogP contribution in [0.4, 0.5) is 0 Å². The smallest absolute Gasteiger partial charge is 0.230 e. The largest absolute Gasteiger partial charge is 0.508 e. The lowest BCUT2D eigenvalue weighted by atomic mass is 10.0. The summed E-state index contributed by atoms with van der Waals surface area (Å²) in [5.74, 6) is -0.0931. The number of likely N-dealkylation sites (N-methyl/N-ethyl adjacent to an activating group) is 1. The summed E-state index contributed by atoms with van der Waals surface area (Å²) in [6.07, 6.45) is -0.0258. The van der Waals surface area contributed by atoms with Gasteiger partial charge in [0.25, 0.3) is 0 Å². The highest BCUT2D eigenvalue weighted by Gasteiger charge is 2.36. The normalized spacial score (nSPS) is 21.1. The van der Waals surface area contributed by atoms with Gasteiger partial charge in [0.1, 0.15) is 11.8 Å². The van der Waals surface area contributed by atoms with E-state index in [1.54, 1.807) is 19.2 Å². The number of nitrogens with zero attached hydrogens (tertiary/aromatic N) is 1. The number of likely N-dealkylation sites (tertiary alicyclic amines) is 1. The predicted octanol–water partition coefficient (Wildman–Crippen LogP) is 0.865. The molecule has 1 N–H and O–H groups in total. The minimum atomic E-state index is -0.488. The van der Waals surface area contributed by atoms with Gasteiger partial charge in [-0.1, -0.05) is 12.1 Å². The van der Waals surface area contributed by atoms with E-state index in [-0.39, 0.29) is 23.9 Å². The van der Waals surface area contributed by atoms with Gasteiger partial charge in [-0.2, -0.15) is 0 Å². The molecule has 4 heteroatoms. The molecule has 1 aliphatic rings. The molecule has 0 aromatic heterocycles. The monoisotopic (exact) mass is 205 g/mol. The van der Waals surface area contributed by atoms with Crippen molar-refractivity contribution in [3.8, 4) is 5.75 Å². The number of hydrogen-bond acceptors (Lipinski definition) is 3. The van der Waals surface area contributed by atoms with Crippen LogP contribution in [0.5, 0.6) is 5.75 Å². The van der Waals surface area contributed by atoms with Crippen LogP contribution >= 0.6 is 0 Å². The van der Waals surface area contributed by atoms with Crippen molar-refractivity contribution in [2.45, 2.75) is 12.5 Å². The van der Waals surface area contributed by atoms with Crippen molar-refractivity contribution in [2.24, 2.45) is 0 Å². The van der Waals surface area contributed by atoms with Crippen molar-refractivity contribution < 1.29 is 14.7 Å². The second-order valence-corrected chi connectivity index (χ2v) is 3.64. The zero-order chi connectivity index (χ0) is 11.0. The molecule has 0 bridgehead atoms. The summed E-state index contributed by atoms with van der Waals surface area (Å²) in [7, 11) is 1.62. The van der Waals surface area contributed by atoms with Crippen LogP contribution in [0.2, 0.25) is 0 Å². The zero-order valence-corrected chi connectivity index (χ0v) is 8.30. The van der Waals surface area contributed by atoms with Crippen molar-refractivity contribution in [3.05, 3.63) is 29.8 Å².